The van der Waals surface area contributed by atoms with Crippen molar-refractivity contribution in [3.8, 4) is 0 Å². The Kier molecular flexibility index (Phi) is 4.42. The molecule has 1 aromatic rings. The van der Waals surface area contributed by atoms with Crippen molar-refractivity contribution in [2.45, 2.75) is 32.8 Å². The van der Waals surface area contributed by atoms with Gasteiger partial charge in [-0.05, 0) is 32.4 Å². The number of nitrogens with zero attached hydrogens (tertiary/aromatic N) is 1. The second-order valence-electron chi connectivity index (χ2n) is 4.85. The number of carbonyl (C=O) groups is 1. The van der Waals surface area contributed by atoms with E-state index >= 15 is 0 Å². The molecule has 1 amide bonds. The fourth-order valence-corrected chi connectivity index (χ4v) is 1.28. The van der Waals surface area contributed by atoms with E-state index in [1.54, 1.807) is 39.0 Å². The van der Waals surface area contributed by atoms with Gasteiger partial charge < -0.3 is 10.5 Å². The van der Waals surface area contributed by atoms with Gasteiger partial charge in [0.05, 0.1) is 0 Å². The highest BCUT2D eigenvalue weighted by Gasteiger charge is 2.16. The predicted octanol–water partition coefficient (Wildman–Crippen LogP) is 2.66. The molecular weight excluding hydrogens is 235 g/mol. The van der Waals surface area contributed by atoms with Crippen molar-refractivity contribution >= 4 is 11.9 Å². The van der Waals surface area contributed by atoms with Crippen molar-refractivity contribution < 1.29 is 13.9 Å². The van der Waals surface area contributed by atoms with Crippen LogP contribution >= 0.6 is 0 Å². The number of hydrogen-bond donors (Lipinski definition) is 1. The highest BCUT2D eigenvalue weighted by molar-refractivity contribution is 5.92. The fraction of sp³-hybridized carbons (Fsp3) is 0.385. The number of aliphatic imine (C=N–C) groups is 1. The van der Waals surface area contributed by atoms with E-state index in [1.807, 2.05) is 0 Å². The summed E-state index contributed by atoms with van der Waals surface area (Å²) < 4.78 is 18.3. The van der Waals surface area contributed by atoms with Crippen molar-refractivity contribution in [1.82, 2.24) is 0 Å². The van der Waals surface area contributed by atoms with Crippen LogP contribution in [0.1, 0.15) is 26.3 Å². The molecule has 0 saturated heterocycles. The van der Waals surface area contributed by atoms with E-state index in [1.165, 1.54) is 6.07 Å². The van der Waals surface area contributed by atoms with Gasteiger partial charge in [0.25, 0.3) is 0 Å². The summed E-state index contributed by atoms with van der Waals surface area (Å²) in [5, 5.41) is 0. The molecule has 0 saturated carbocycles. The zero-order chi connectivity index (χ0) is 13.8. The summed E-state index contributed by atoms with van der Waals surface area (Å²) in [5.41, 5.74) is 5.34. The van der Waals surface area contributed by atoms with Gasteiger partial charge in [0.15, 0.2) is 0 Å². The summed E-state index contributed by atoms with van der Waals surface area (Å²) >= 11 is 0. The Hall–Kier alpha value is -1.91. The number of rotatable bonds is 2. The Morgan fingerprint density at radius 1 is 1.39 bits per heavy atom. The minimum atomic E-state index is -0.767. The first kappa shape index (κ1) is 14.2. The zero-order valence-corrected chi connectivity index (χ0v) is 10.7. The Bertz CT molecular complexity index is 464. The van der Waals surface area contributed by atoms with Crippen molar-refractivity contribution in [1.29, 1.82) is 0 Å². The SMILES string of the molecule is CC(C)(C)OC(=O)/N=C(\N)Cc1ccccc1F. The van der Waals surface area contributed by atoms with Gasteiger partial charge in [0.1, 0.15) is 17.3 Å². The van der Waals surface area contributed by atoms with Gasteiger partial charge in [0.2, 0.25) is 0 Å². The predicted molar refractivity (Wildman–Crippen MR) is 68.0 cm³/mol. The fourth-order valence-electron chi connectivity index (χ4n) is 1.28. The monoisotopic (exact) mass is 252 g/mol. The van der Waals surface area contributed by atoms with Crippen LogP contribution in [0.15, 0.2) is 29.3 Å². The number of ether oxygens (including phenoxy) is 1. The highest BCUT2D eigenvalue weighted by Crippen LogP contribution is 2.09. The summed E-state index contributed by atoms with van der Waals surface area (Å²) in [5.74, 6) is -0.353. The van der Waals surface area contributed by atoms with Crippen LogP contribution < -0.4 is 5.73 Å². The molecule has 98 valence electrons. The molecule has 0 bridgehead atoms. The number of hydrogen-bond acceptors (Lipinski definition) is 2. The van der Waals surface area contributed by atoms with Crippen molar-refractivity contribution in [3.05, 3.63) is 35.6 Å². The Balaban J connectivity index is 2.68. The van der Waals surface area contributed by atoms with Crippen LogP contribution in [0.25, 0.3) is 0 Å². The van der Waals surface area contributed by atoms with Crippen molar-refractivity contribution in [3.63, 3.8) is 0 Å². The number of benzene rings is 1. The maximum atomic E-state index is 13.3. The van der Waals surface area contributed by atoms with Crippen LogP contribution in [0.4, 0.5) is 9.18 Å². The number of amides is 1. The molecule has 0 spiro atoms. The van der Waals surface area contributed by atoms with Gasteiger partial charge >= 0.3 is 6.09 Å². The Morgan fingerprint density at radius 3 is 2.56 bits per heavy atom. The third-order valence-corrected chi connectivity index (χ3v) is 1.96. The van der Waals surface area contributed by atoms with E-state index in [0.717, 1.165) is 0 Å². The third-order valence-electron chi connectivity index (χ3n) is 1.96. The maximum Gasteiger partial charge on any atom is 0.435 e. The molecule has 0 aliphatic heterocycles. The molecule has 0 heterocycles. The molecular formula is C13H17FN2O2. The number of carbonyl (C=O) groups excluding carboxylic acids is 1. The third kappa shape index (κ3) is 4.95. The van der Waals surface area contributed by atoms with E-state index in [0.29, 0.717) is 5.56 Å². The minimum Gasteiger partial charge on any atom is -0.442 e. The quantitative estimate of drug-likeness (QED) is 0.650. The van der Waals surface area contributed by atoms with Crippen molar-refractivity contribution in [2.24, 2.45) is 10.7 Å². The van der Waals surface area contributed by atoms with Crippen LogP contribution in [-0.4, -0.2) is 17.5 Å². The number of nitrogens with two attached hydrogens (primary N) is 1. The number of halogens is 1. The van der Waals surface area contributed by atoms with Crippen LogP contribution in [0.5, 0.6) is 0 Å². The van der Waals surface area contributed by atoms with E-state index in [-0.39, 0.29) is 18.1 Å². The lowest BCUT2D eigenvalue weighted by atomic mass is 10.1. The molecule has 2 N–H and O–H groups in total. The zero-order valence-electron chi connectivity index (χ0n) is 10.7. The smallest absolute Gasteiger partial charge is 0.435 e. The Morgan fingerprint density at radius 2 is 2.00 bits per heavy atom. The molecule has 1 rings (SSSR count). The summed E-state index contributed by atoms with van der Waals surface area (Å²) in [4.78, 5) is 14.9. The second-order valence-corrected chi connectivity index (χ2v) is 4.85. The average Bonchev–Trinajstić information content (AvgIpc) is 2.18. The van der Waals surface area contributed by atoms with Gasteiger partial charge in [-0.25, -0.2) is 9.18 Å². The summed E-state index contributed by atoms with van der Waals surface area (Å²) in [6, 6.07) is 6.20. The molecule has 4 nitrogen and oxygen atoms in total. The van der Waals surface area contributed by atoms with E-state index in [9.17, 15) is 9.18 Å². The lowest BCUT2D eigenvalue weighted by Gasteiger charge is -2.17. The van der Waals surface area contributed by atoms with Gasteiger partial charge in [0, 0.05) is 6.42 Å². The summed E-state index contributed by atoms with van der Waals surface area (Å²) in [6.45, 7) is 5.19. The first-order valence-corrected chi connectivity index (χ1v) is 5.57. The lowest BCUT2D eigenvalue weighted by molar-refractivity contribution is 0.0604. The molecule has 0 atom stereocenters. The normalized spacial score (nSPS) is 12.3. The molecule has 18 heavy (non-hydrogen) atoms. The average molecular weight is 252 g/mol. The van der Waals surface area contributed by atoms with Crippen LogP contribution in [0, 0.1) is 5.82 Å². The van der Waals surface area contributed by atoms with Crippen LogP contribution in [0.3, 0.4) is 0 Å². The molecule has 0 aromatic heterocycles. The van der Waals surface area contributed by atoms with Gasteiger partial charge in [-0.2, -0.15) is 4.99 Å². The first-order chi connectivity index (χ1) is 8.28. The molecule has 5 heteroatoms. The second kappa shape index (κ2) is 5.62. The first-order valence-electron chi connectivity index (χ1n) is 5.57. The van der Waals surface area contributed by atoms with Gasteiger partial charge in [-0.1, -0.05) is 18.2 Å². The van der Waals surface area contributed by atoms with Crippen molar-refractivity contribution in [2.75, 3.05) is 0 Å². The molecule has 1 aromatic carbocycles. The molecule has 0 aliphatic carbocycles. The molecule has 0 radical (unpaired) electrons. The summed E-state index contributed by atoms with van der Waals surface area (Å²) in [7, 11) is 0. The number of amidine groups is 1. The van der Waals surface area contributed by atoms with Crippen LogP contribution in [-0.2, 0) is 11.2 Å². The van der Waals surface area contributed by atoms with E-state index in [4.69, 9.17) is 10.5 Å². The topological polar surface area (TPSA) is 64.7 Å². The largest absolute Gasteiger partial charge is 0.442 e. The molecule has 0 fully saturated rings. The van der Waals surface area contributed by atoms with Gasteiger partial charge in [-0.3, -0.25) is 0 Å². The van der Waals surface area contributed by atoms with E-state index in [2.05, 4.69) is 4.99 Å². The molecule has 0 unspecified atom stereocenters. The molecule has 0 aliphatic rings. The standard InChI is InChI=1S/C13H17FN2O2/c1-13(2,3)18-12(17)16-11(15)8-9-6-4-5-7-10(9)14/h4-7H,8H2,1-3H3,(H2,15,16,17). The minimum absolute atomic E-state index is 0.0225. The van der Waals surface area contributed by atoms with E-state index < -0.39 is 11.7 Å². The summed E-state index contributed by atoms with van der Waals surface area (Å²) in [6.07, 6.45) is -0.692. The van der Waals surface area contributed by atoms with Crippen LogP contribution in [0.2, 0.25) is 0 Å². The lowest BCUT2D eigenvalue weighted by Crippen LogP contribution is -2.24. The Labute approximate surface area is 106 Å². The maximum absolute atomic E-state index is 13.3. The highest BCUT2D eigenvalue weighted by atomic mass is 19.1. The van der Waals surface area contributed by atoms with Gasteiger partial charge in [-0.15, -0.1) is 0 Å².